The van der Waals surface area contributed by atoms with Crippen molar-refractivity contribution in [2.45, 2.75) is 104 Å². The summed E-state index contributed by atoms with van der Waals surface area (Å²) in [4.78, 5) is 13.5. The fourth-order valence-electron chi connectivity index (χ4n) is 5.82. The zero-order valence-corrected chi connectivity index (χ0v) is 15.8. The van der Waals surface area contributed by atoms with Crippen molar-refractivity contribution < 1.29 is 4.79 Å². The monoisotopic (exact) mass is 321 g/mol. The fraction of sp³-hybridized carbons (Fsp3) is 0.952. The van der Waals surface area contributed by atoms with Crippen molar-refractivity contribution in [2.24, 2.45) is 17.3 Å². The first-order chi connectivity index (χ1) is 11.2. The minimum absolute atomic E-state index is 0.0904. The fourth-order valence-corrected chi connectivity index (χ4v) is 5.82. The topological polar surface area (TPSA) is 29.1 Å². The molecule has 0 amide bonds. The molecule has 1 unspecified atom stereocenters. The minimum Gasteiger partial charge on any atom is -0.314 e. The summed E-state index contributed by atoms with van der Waals surface area (Å²) in [6, 6.07) is 0.331. The van der Waals surface area contributed by atoms with Crippen molar-refractivity contribution in [1.82, 2.24) is 5.32 Å². The third-order valence-corrected chi connectivity index (χ3v) is 6.75. The summed E-state index contributed by atoms with van der Waals surface area (Å²) in [6.07, 6.45) is 15.0. The van der Waals surface area contributed by atoms with Gasteiger partial charge in [-0.1, -0.05) is 52.4 Å². The molecule has 0 spiro atoms. The number of hydrogen-bond acceptors (Lipinski definition) is 2. The van der Waals surface area contributed by atoms with Gasteiger partial charge in [0.15, 0.2) is 0 Å². The summed E-state index contributed by atoms with van der Waals surface area (Å²) in [7, 11) is 0. The molecule has 1 N–H and O–H groups in total. The molecule has 0 aromatic heterocycles. The van der Waals surface area contributed by atoms with Crippen LogP contribution >= 0.6 is 0 Å². The SMILES string of the molecule is CCCC(=O)C(C1CCCCC1)(C1CCCCC1)C(C)NCC. The van der Waals surface area contributed by atoms with Crippen LogP contribution in [-0.4, -0.2) is 18.4 Å². The highest BCUT2D eigenvalue weighted by Crippen LogP contribution is 2.52. The highest BCUT2D eigenvalue weighted by Gasteiger charge is 2.53. The van der Waals surface area contributed by atoms with Gasteiger partial charge in [0, 0.05) is 17.9 Å². The smallest absolute Gasteiger partial charge is 0.141 e. The maximum absolute atomic E-state index is 13.5. The van der Waals surface area contributed by atoms with Crippen LogP contribution in [0, 0.1) is 17.3 Å². The van der Waals surface area contributed by atoms with Crippen LogP contribution < -0.4 is 5.32 Å². The Morgan fingerprint density at radius 1 is 0.957 bits per heavy atom. The van der Waals surface area contributed by atoms with Crippen LogP contribution in [0.3, 0.4) is 0 Å². The predicted octanol–water partition coefficient (Wildman–Crippen LogP) is 5.50. The van der Waals surface area contributed by atoms with E-state index in [9.17, 15) is 4.79 Å². The number of nitrogens with one attached hydrogen (secondary N) is 1. The van der Waals surface area contributed by atoms with E-state index < -0.39 is 0 Å². The van der Waals surface area contributed by atoms with Crippen LogP contribution in [0.1, 0.15) is 97.8 Å². The lowest BCUT2D eigenvalue weighted by Gasteiger charge is -2.52. The quantitative estimate of drug-likeness (QED) is 0.639. The zero-order chi connectivity index (χ0) is 16.7. The van der Waals surface area contributed by atoms with Crippen molar-refractivity contribution in [3.8, 4) is 0 Å². The van der Waals surface area contributed by atoms with Crippen LogP contribution in [0.25, 0.3) is 0 Å². The average Bonchev–Trinajstić information content (AvgIpc) is 2.58. The van der Waals surface area contributed by atoms with Crippen molar-refractivity contribution in [2.75, 3.05) is 6.54 Å². The minimum atomic E-state index is -0.0904. The molecular formula is C21H39NO. The molecular weight excluding hydrogens is 282 g/mol. The van der Waals surface area contributed by atoms with Gasteiger partial charge in [0.25, 0.3) is 0 Å². The summed E-state index contributed by atoms with van der Waals surface area (Å²) in [5.41, 5.74) is -0.0904. The molecule has 0 radical (unpaired) electrons. The molecule has 2 heteroatoms. The van der Waals surface area contributed by atoms with Crippen molar-refractivity contribution in [3.63, 3.8) is 0 Å². The lowest BCUT2D eigenvalue weighted by atomic mass is 9.53. The molecule has 0 aromatic carbocycles. The second-order valence-corrected chi connectivity index (χ2v) is 8.06. The Kier molecular flexibility index (Phi) is 7.59. The maximum atomic E-state index is 13.5. The van der Waals surface area contributed by atoms with E-state index in [2.05, 4.69) is 26.1 Å². The third kappa shape index (κ3) is 4.00. The molecule has 2 fully saturated rings. The van der Waals surface area contributed by atoms with E-state index in [1.54, 1.807) is 0 Å². The second kappa shape index (κ2) is 9.20. The van der Waals surface area contributed by atoms with Crippen LogP contribution in [0.4, 0.5) is 0 Å². The maximum Gasteiger partial charge on any atom is 0.141 e. The molecule has 2 aliphatic rings. The number of carbonyl (C=O) groups excluding carboxylic acids is 1. The number of ketones is 1. The van der Waals surface area contributed by atoms with Crippen LogP contribution in [-0.2, 0) is 4.79 Å². The normalized spacial score (nSPS) is 22.9. The summed E-state index contributed by atoms with van der Waals surface area (Å²) in [5, 5.41) is 3.70. The van der Waals surface area contributed by atoms with Crippen LogP contribution in [0.5, 0.6) is 0 Å². The Bertz CT molecular complexity index is 335. The molecule has 2 rings (SSSR count). The lowest BCUT2D eigenvalue weighted by Crippen LogP contribution is -2.58. The molecule has 2 saturated carbocycles. The van der Waals surface area contributed by atoms with E-state index in [-0.39, 0.29) is 5.41 Å². The average molecular weight is 322 g/mol. The zero-order valence-electron chi connectivity index (χ0n) is 15.8. The molecule has 2 nitrogen and oxygen atoms in total. The molecule has 23 heavy (non-hydrogen) atoms. The van der Waals surface area contributed by atoms with Gasteiger partial charge in [0.2, 0.25) is 0 Å². The van der Waals surface area contributed by atoms with E-state index in [0.717, 1.165) is 19.4 Å². The molecule has 0 saturated heterocycles. The molecule has 134 valence electrons. The summed E-state index contributed by atoms with van der Waals surface area (Å²) in [6.45, 7) is 7.65. The Morgan fingerprint density at radius 2 is 1.43 bits per heavy atom. The first-order valence-electron chi connectivity index (χ1n) is 10.4. The third-order valence-electron chi connectivity index (χ3n) is 6.75. The first-order valence-corrected chi connectivity index (χ1v) is 10.4. The van der Waals surface area contributed by atoms with E-state index >= 15 is 0 Å². The van der Waals surface area contributed by atoms with E-state index in [0.29, 0.717) is 23.7 Å². The van der Waals surface area contributed by atoms with Gasteiger partial charge >= 0.3 is 0 Å². The van der Waals surface area contributed by atoms with Crippen molar-refractivity contribution >= 4 is 5.78 Å². The van der Waals surface area contributed by atoms with Gasteiger partial charge in [0.05, 0.1) is 0 Å². The van der Waals surface area contributed by atoms with Gasteiger partial charge in [-0.3, -0.25) is 4.79 Å². The number of rotatable bonds is 8. The standard InChI is InChI=1S/C21H39NO/c1-4-12-20(23)21(17(3)22-5-2,18-13-8-6-9-14-18)19-15-10-7-11-16-19/h17-19,22H,4-16H2,1-3H3. The molecule has 0 aliphatic heterocycles. The first kappa shape index (κ1) is 19.0. The molecule has 0 aromatic rings. The highest BCUT2D eigenvalue weighted by atomic mass is 16.1. The molecule has 1 atom stereocenters. The number of hydrogen-bond donors (Lipinski definition) is 1. The van der Waals surface area contributed by atoms with Gasteiger partial charge in [-0.05, 0) is 57.4 Å². The highest BCUT2D eigenvalue weighted by molar-refractivity contribution is 5.86. The Balaban J connectivity index is 2.39. The summed E-state index contributed by atoms with van der Waals surface area (Å²) in [5.74, 6) is 1.83. The van der Waals surface area contributed by atoms with Crippen molar-refractivity contribution in [1.29, 1.82) is 0 Å². The van der Waals surface area contributed by atoms with Gasteiger partial charge in [-0.25, -0.2) is 0 Å². The molecule has 2 aliphatic carbocycles. The van der Waals surface area contributed by atoms with Crippen LogP contribution in [0.15, 0.2) is 0 Å². The Hall–Kier alpha value is -0.370. The van der Waals surface area contributed by atoms with Gasteiger partial charge in [-0.2, -0.15) is 0 Å². The van der Waals surface area contributed by atoms with Crippen LogP contribution in [0.2, 0.25) is 0 Å². The second-order valence-electron chi connectivity index (χ2n) is 8.06. The molecule has 0 bridgehead atoms. The van der Waals surface area contributed by atoms with Crippen molar-refractivity contribution in [3.05, 3.63) is 0 Å². The lowest BCUT2D eigenvalue weighted by molar-refractivity contribution is -0.142. The van der Waals surface area contributed by atoms with Gasteiger partial charge < -0.3 is 5.32 Å². The summed E-state index contributed by atoms with van der Waals surface area (Å²) >= 11 is 0. The Morgan fingerprint density at radius 3 is 1.83 bits per heavy atom. The largest absolute Gasteiger partial charge is 0.314 e. The summed E-state index contributed by atoms with van der Waals surface area (Å²) < 4.78 is 0. The Labute approximate surface area is 144 Å². The van der Waals surface area contributed by atoms with E-state index in [4.69, 9.17) is 0 Å². The van der Waals surface area contributed by atoms with E-state index in [1.807, 2.05) is 0 Å². The number of Topliss-reactive ketones (excluding diaryl/α,β-unsaturated/α-hetero) is 1. The van der Waals surface area contributed by atoms with E-state index in [1.165, 1.54) is 64.2 Å². The molecule has 0 heterocycles. The number of carbonyl (C=O) groups is 1. The van der Waals surface area contributed by atoms with Gasteiger partial charge in [-0.15, -0.1) is 0 Å². The van der Waals surface area contributed by atoms with Gasteiger partial charge in [0.1, 0.15) is 5.78 Å². The predicted molar refractivity (Wildman–Crippen MR) is 98.6 cm³/mol.